The standard InChI is InChI=1S/C12H23NO3/c1-4-12(15,5-2)9-13-7-6-10(8-13)11(14)16-3/h10,15H,4-9H2,1-3H3. The van der Waals surface area contributed by atoms with Gasteiger partial charge >= 0.3 is 5.97 Å². The SMILES string of the molecule is CCC(O)(CC)CN1CCC(C(=O)OC)C1. The zero-order chi connectivity index (χ0) is 12.2. The van der Waals surface area contributed by atoms with Gasteiger partial charge < -0.3 is 9.84 Å². The summed E-state index contributed by atoms with van der Waals surface area (Å²) < 4.78 is 4.74. The number of esters is 1. The van der Waals surface area contributed by atoms with Gasteiger partial charge in [0.25, 0.3) is 0 Å². The van der Waals surface area contributed by atoms with Crippen LogP contribution in [-0.2, 0) is 9.53 Å². The van der Waals surface area contributed by atoms with Gasteiger partial charge in [-0.3, -0.25) is 9.69 Å². The third kappa shape index (κ3) is 3.19. The van der Waals surface area contributed by atoms with E-state index in [-0.39, 0.29) is 11.9 Å². The Morgan fingerprint density at radius 1 is 1.50 bits per heavy atom. The third-order valence-corrected chi connectivity index (χ3v) is 3.64. The average molecular weight is 229 g/mol. The van der Waals surface area contributed by atoms with Gasteiger partial charge in [-0.05, 0) is 25.8 Å². The first-order valence-corrected chi connectivity index (χ1v) is 6.07. The quantitative estimate of drug-likeness (QED) is 0.715. The molecular weight excluding hydrogens is 206 g/mol. The first-order chi connectivity index (χ1) is 7.54. The van der Waals surface area contributed by atoms with E-state index >= 15 is 0 Å². The molecule has 0 saturated carbocycles. The minimum absolute atomic E-state index is 0.0111. The smallest absolute Gasteiger partial charge is 0.310 e. The normalized spacial score (nSPS) is 22.4. The predicted octanol–water partition coefficient (Wildman–Crippen LogP) is 1.03. The van der Waals surface area contributed by atoms with E-state index in [4.69, 9.17) is 4.74 Å². The molecular formula is C12H23NO3. The Hall–Kier alpha value is -0.610. The van der Waals surface area contributed by atoms with Gasteiger partial charge in [-0.2, -0.15) is 0 Å². The summed E-state index contributed by atoms with van der Waals surface area (Å²) in [5.74, 6) is -0.137. The average Bonchev–Trinajstić information content (AvgIpc) is 2.76. The number of nitrogens with zero attached hydrogens (tertiary/aromatic N) is 1. The minimum Gasteiger partial charge on any atom is -0.469 e. The molecule has 1 unspecified atom stereocenters. The lowest BCUT2D eigenvalue weighted by Crippen LogP contribution is -2.41. The van der Waals surface area contributed by atoms with Gasteiger partial charge in [0.1, 0.15) is 0 Å². The second-order valence-electron chi connectivity index (χ2n) is 4.68. The summed E-state index contributed by atoms with van der Waals surface area (Å²) in [6, 6.07) is 0. The number of methoxy groups -OCH3 is 1. The molecule has 4 nitrogen and oxygen atoms in total. The molecule has 1 N–H and O–H groups in total. The van der Waals surface area contributed by atoms with Crippen molar-refractivity contribution in [1.82, 2.24) is 4.90 Å². The van der Waals surface area contributed by atoms with Crippen LogP contribution < -0.4 is 0 Å². The molecule has 16 heavy (non-hydrogen) atoms. The maximum atomic E-state index is 11.4. The highest BCUT2D eigenvalue weighted by atomic mass is 16.5. The van der Waals surface area contributed by atoms with E-state index in [1.807, 2.05) is 13.8 Å². The fourth-order valence-electron chi connectivity index (χ4n) is 2.23. The molecule has 0 radical (unpaired) electrons. The van der Waals surface area contributed by atoms with E-state index in [0.717, 1.165) is 32.4 Å². The highest BCUT2D eigenvalue weighted by Gasteiger charge is 2.33. The maximum Gasteiger partial charge on any atom is 0.310 e. The minimum atomic E-state index is -0.606. The topological polar surface area (TPSA) is 49.8 Å². The number of carbonyl (C=O) groups excluding carboxylic acids is 1. The summed E-state index contributed by atoms with van der Waals surface area (Å²) >= 11 is 0. The van der Waals surface area contributed by atoms with Crippen molar-refractivity contribution in [2.45, 2.75) is 38.7 Å². The van der Waals surface area contributed by atoms with E-state index in [9.17, 15) is 9.90 Å². The molecule has 1 atom stereocenters. The van der Waals surface area contributed by atoms with Crippen molar-refractivity contribution < 1.29 is 14.6 Å². The zero-order valence-corrected chi connectivity index (χ0v) is 10.5. The van der Waals surface area contributed by atoms with Crippen LogP contribution in [0, 0.1) is 5.92 Å². The summed E-state index contributed by atoms with van der Waals surface area (Å²) in [6.45, 7) is 6.25. The molecule has 0 bridgehead atoms. The van der Waals surface area contributed by atoms with Gasteiger partial charge in [-0.25, -0.2) is 0 Å². The van der Waals surface area contributed by atoms with Crippen molar-refractivity contribution in [2.75, 3.05) is 26.7 Å². The Balaban J connectivity index is 2.45. The van der Waals surface area contributed by atoms with Crippen molar-refractivity contribution in [3.8, 4) is 0 Å². The Labute approximate surface area is 97.6 Å². The summed E-state index contributed by atoms with van der Waals surface area (Å²) in [6.07, 6.45) is 2.35. The molecule has 4 heteroatoms. The van der Waals surface area contributed by atoms with E-state index in [2.05, 4.69) is 4.90 Å². The number of ether oxygens (including phenoxy) is 1. The number of aliphatic hydroxyl groups is 1. The fraction of sp³-hybridized carbons (Fsp3) is 0.917. The van der Waals surface area contributed by atoms with Crippen molar-refractivity contribution in [1.29, 1.82) is 0 Å². The van der Waals surface area contributed by atoms with Gasteiger partial charge in [0.2, 0.25) is 0 Å². The maximum absolute atomic E-state index is 11.4. The molecule has 1 heterocycles. The Bertz CT molecular complexity index is 238. The van der Waals surface area contributed by atoms with E-state index in [1.165, 1.54) is 7.11 Å². The van der Waals surface area contributed by atoms with Gasteiger partial charge in [0, 0.05) is 13.1 Å². The second kappa shape index (κ2) is 5.64. The van der Waals surface area contributed by atoms with Crippen LogP contribution in [-0.4, -0.2) is 48.3 Å². The van der Waals surface area contributed by atoms with Crippen LogP contribution in [0.5, 0.6) is 0 Å². The van der Waals surface area contributed by atoms with Crippen LogP contribution in [0.15, 0.2) is 0 Å². The van der Waals surface area contributed by atoms with Crippen LogP contribution in [0.1, 0.15) is 33.1 Å². The number of carbonyl (C=O) groups is 1. The van der Waals surface area contributed by atoms with Crippen molar-refractivity contribution in [3.63, 3.8) is 0 Å². The van der Waals surface area contributed by atoms with Crippen LogP contribution in [0.25, 0.3) is 0 Å². The number of rotatable bonds is 5. The van der Waals surface area contributed by atoms with E-state index < -0.39 is 5.60 Å². The Morgan fingerprint density at radius 3 is 2.62 bits per heavy atom. The molecule has 1 aliphatic rings. The van der Waals surface area contributed by atoms with Crippen molar-refractivity contribution >= 4 is 5.97 Å². The Kier molecular flexibility index (Phi) is 4.74. The van der Waals surface area contributed by atoms with Crippen LogP contribution in [0.2, 0.25) is 0 Å². The number of β-amino-alcohol motifs (C(OH)–C–C–N with tert-alkyl or cyclic N) is 1. The lowest BCUT2D eigenvalue weighted by Gasteiger charge is -2.30. The molecule has 1 rings (SSSR count). The number of likely N-dealkylation sites (tertiary alicyclic amines) is 1. The Morgan fingerprint density at radius 2 is 2.12 bits per heavy atom. The summed E-state index contributed by atoms with van der Waals surface area (Å²) in [5.41, 5.74) is -0.606. The van der Waals surface area contributed by atoms with Crippen molar-refractivity contribution in [3.05, 3.63) is 0 Å². The summed E-state index contributed by atoms with van der Waals surface area (Å²) in [4.78, 5) is 13.5. The first-order valence-electron chi connectivity index (χ1n) is 6.07. The van der Waals surface area contributed by atoms with Crippen LogP contribution in [0.4, 0.5) is 0 Å². The highest BCUT2D eigenvalue weighted by molar-refractivity contribution is 5.72. The lowest BCUT2D eigenvalue weighted by molar-refractivity contribution is -0.145. The summed E-state index contributed by atoms with van der Waals surface area (Å²) in [5, 5.41) is 10.2. The first kappa shape index (κ1) is 13.5. The van der Waals surface area contributed by atoms with Gasteiger partial charge in [0.05, 0.1) is 18.6 Å². The van der Waals surface area contributed by atoms with Crippen LogP contribution in [0.3, 0.4) is 0 Å². The van der Waals surface area contributed by atoms with Gasteiger partial charge in [-0.1, -0.05) is 13.8 Å². The second-order valence-corrected chi connectivity index (χ2v) is 4.68. The summed E-state index contributed by atoms with van der Waals surface area (Å²) in [7, 11) is 1.43. The molecule has 0 spiro atoms. The van der Waals surface area contributed by atoms with Gasteiger partial charge in [-0.15, -0.1) is 0 Å². The van der Waals surface area contributed by atoms with Crippen LogP contribution >= 0.6 is 0 Å². The molecule has 0 aliphatic carbocycles. The van der Waals surface area contributed by atoms with E-state index in [1.54, 1.807) is 0 Å². The molecule has 1 aliphatic heterocycles. The monoisotopic (exact) mass is 229 g/mol. The molecule has 0 aromatic carbocycles. The van der Waals surface area contributed by atoms with E-state index in [0.29, 0.717) is 6.54 Å². The predicted molar refractivity (Wildman–Crippen MR) is 62.1 cm³/mol. The molecule has 94 valence electrons. The third-order valence-electron chi connectivity index (χ3n) is 3.64. The number of hydrogen-bond acceptors (Lipinski definition) is 4. The molecule has 1 saturated heterocycles. The lowest BCUT2D eigenvalue weighted by atomic mass is 9.97. The van der Waals surface area contributed by atoms with Crippen molar-refractivity contribution in [2.24, 2.45) is 5.92 Å². The highest BCUT2D eigenvalue weighted by Crippen LogP contribution is 2.23. The molecule has 0 aromatic rings. The molecule has 0 aromatic heterocycles. The number of hydrogen-bond donors (Lipinski definition) is 1. The molecule has 1 fully saturated rings. The molecule has 0 amide bonds. The van der Waals surface area contributed by atoms with Gasteiger partial charge in [0.15, 0.2) is 0 Å². The zero-order valence-electron chi connectivity index (χ0n) is 10.5. The largest absolute Gasteiger partial charge is 0.469 e. The fourth-order valence-corrected chi connectivity index (χ4v) is 2.23.